The standard InChI is InChI=1S/C10H12O4/c1-3-13-8-6-4-5-7-9(8)14-10(11)12-2/h4-7H,3H2,1-2H3. The first kappa shape index (κ1) is 10.4. The van der Waals surface area contributed by atoms with Gasteiger partial charge in [-0.3, -0.25) is 0 Å². The topological polar surface area (TPSA) is 44.8 Å². The molecule has 0 saturated heterocycles. The minimum atomic E-state index is -0.753. The van der Waals surface area contributed by atoms with Crippen LogP contribution in [0, 0.1) is 0 Å². The van der Waals surface area contributed by atoms with E-state index >= 15 is 0 Å². The minimum absolute atomic E-state index is 0.362. The highest BCUT2D eigenvalue weighted by Gasteiger charge is 2.08. The molecule has 0 aliphatic rings. The van der Waals surface area contributed by atoms with Gasteiger partial charge < -0.3 is 14.2 Å². The van der Waals surface area contributed by atoms with Crippen molar-refractivity contribution in [1.82, 2.24) is 0 Å². The normalized spacial score (nSPS) is 9.29. The monoisotopic (exact) mass is 196 g/mol. The van der Waals surface area contributed by atoms with Crippen LogP contribution in [0.1, 0.15) is 6.92 Å². The van der Waals surface area contributed by atoms with Crippen LogP contribution in [0.2, 0.25) is 0 Å². The first-order chi connectivity index (χ1) is 6.77. The number of rotatable bonds is 3. The van der Waals surface area contributed by atoms with Crippen molar-refractivity contribution in [1.29, 1.82) is 0 Å². The number of hydrogen-bond donors (Lipinski definition) is 0. The molecule has 1 rings (SSSR count). The maximum absolute atomic E-state index is 10.8. The summed E-state index contributed by atoms with van der Waals surface area (Å²) in [5.41, 5.74) is 0. The number of hydrogen-bond acceptors (Lipinski definition) is 4. The summed E-state index contributed by atoms with van der Waals surface area (Å²) in [5.74, 6) is 0.890. The van der Waals surface area contributed by atoms with Crippen LogP contribution in [-0.2, 0) is 4.74 Å². The van der Waals surface area contributed by atoms with E-state index in [0.29, 0.717) is 18.1 Å². The first-order valence-electron chi connectivity index (χ1n) is 4.25. The van der Waals surface area contributed by atoms with Crippen molar-refractivity contribution in [2.75, 3.05) is 13.7 Å². The molecule has 0 aliphatic carbocycles. The van der Waals surface area contributed by atoms with Gasteiger partial charge >= 0.3 is 6.16 Å². The molecule has 4 heteroatoms. The van der Waals surface area contributed by atoms with Crippen molar-refractivity contribution in [3.05, 3.63) is 24.3 Å². The molecule has 0 bridgehead atoms. The summed E-state index contributed by atoms with van der Waals surface area (Å²) in [5, 5.41) is 0. The molecule has 0 atom stereocenters. The maximum atomic E-state index is 10.8. The van der Waals surface area contributed by atoms with Gasteiger partial charge in [-0.25, -0.2) is 4.79 Å². The molecule has 0 saturated carbocycles. The van der Waals surface area contributed by atoms with Gasteiger partial charge in [-0.2, -0.15) is 0 Å². The van der Waals surface area contributed by atoms with E-state index in [9.17, 15) is 4.79 Å². The number of benzene rings is 1. The average Bonchev–Trinajstić information content (AvgIpc) is 2.21. The molecule has 4 nitrogen and oxygen atoms in total. The van der Waals surface area contributed by atoms with Gasteiger partial charge in [0.05, 0.1) is 13.7 Å². The Morgan fingerprint density at radius 1 is 1.29 bits per heavy atom. The summed E-state index contributed by atoms with van der Waals surface area (Å²) in [6.45, 7) is 2.37. The molecule has 0 aliphatic heterocycles. The Bertz CT molecular complexity index is 309. The SMILES string of the molecule is CCOc1ccccc1OC(=O)OC. The lowest BCUT2D eigenvalue weighted by Gasteiger charge is -2.08. The Morgan fingerprint density at radius 3 is 2.50 bits per heavy atom. The third-order valence-electron chi connectivity index (χ3n) is 1.51. The number of methoxy groups -OCH3 is 1. The fraction of sp³-hybridized carbons (Fsp3) is 0.300. The molecule has 0 heterocycles. The van der Waals surface area contributed by atoms with E-state index < -0.39 is 6.16 Å². The lowest BCUT2D eigenvalue weighted by molar-refractivity contribution is 0.119. The van der Waals surface area contributed by atoms with Crippen molar-refractivity contribution in [2.24, 2.45) is 0 Å². The largest absolute Gasteiger partial charge is 0.513 e. The highest BCUT2D eigenvalue weighted by molar-refractivity contribution is 5.65. The molecule has 1 aromatic rings. The van der Waals surface area contributed by atoms with Gasteiger partial charge in [-0.15, -0.1) is 0 Å². The number of carbonyl (C=O) groups is 1. The lowest BCUT2D eigenvalue weighted by Crippen LogP contribution is -2.08. The van der Waals surface area contributed by atoms with Crippen molar-refractivity contribution < 1.29 is 19.0 Å². The van der Waals surface area contributed by atoms with E-state index in [1.54, 1.807) is 24.3 Å². The Balaban J connectivity index is 2.78. The second-order valence-electron chi connectivity index (χ2n) is 2.44. The van der Waals surface area contributed by atoms with Gasteiger partial charge in [0, 0.05) is 0 Å². The zero-order chi connectivity index (χ0) is 10.4. The summed E-state index contributed by atoms with van der Waals surface area (Å²) in [6.07, 6.45) is -0.753. The molecule has 14 heavy (non-hydrogen) atoms. The minimum Gasteiger partial charge on any atom is -0.490 e. The average molecular weight is 196 g/mol. The Labute approximate surface area is 82.4 Å². The molecule has 1 aromatic carbocycles. The summed E-state index contributed by atoms with van der Waals surface area (Å²) in [6, 6.07) is 6.92. The van der Waals surface area contributed by atoms with Gasteiger partial charge in [-0.05, 0) is 19.1 Å². The van der Waals surface area contributed by atoms with E-state index in [-0.39, 0.29) is 0 Å². The van der Waals surface area contributed by atoms with Crippen molar-refractivity contribution in [2.45, 2.75) is 6.92 Å². The number of carbonyl (C=O) groups excluding carboxylic acids is 1. The molecule has 0 spiro atoms. The zero-order valence-electron chi connectivity index (χ0n) is 8.15. The number of ether oxygens (including phenoxy) is 3. The van der Waals surface area contributed by atoms with E-state index in [1.807, 2.05) is 6.92 Å². The zero-order valence-corrected chi connectivity index (χ0v) is 8.15. The maximum Gasteiger partial charge on any atom is 0.513 e. The van der Waals surface area contributed by atoms with Crippen LogP contribution >= 0.6 is 0 Å². The summed E-state index contributed by atoms with van der Waals surface area (Å²) in [7, 11) is 1.26. The molecule has 0 aromatic heterocycles. The van der Waals surface area contributed by atoms with E-state index in [4.69, 9.17) is 9.47 Å². The van der Waals surface area contributed by atoms with E-state index in [1.165, 1.54) is 7.11 Å². The second-order valence-corrected chi connectivity index (χ2v) is 2.44. The molecular weight excluding hydrogens is 184 g/mol. The van der Waals surface area contributed by atoms with Crippen LogP contribution in [0.25, 0.3) is 0 Å². The van der Waals surface area contributed by atoms with Gasteiger partial charge in [0.25, 0.3) is 0 Å². The molecule has 0 fully saturated rings. The van der Waals surface area contributed by atoms with Crippen LogP contribution in [0.4, 0.5) is 4.79 Å². The quantitative estimate of drug-likeness (QED) is 0.549. The van der Waals surface area contributed by atoms with Gasteiger partial charge in [0.2, 0.25) is 0 Å². The van der Waals surface area contributed by atoms with Crippen molar-refractivity contribution in [3.8, 4) is 11.5 Å². The fourth-order valence-electron chi connectivity index (χ4n) is 0.941. The van der Waals surface area contributed by atoms with Gasteiger partial charge in [0.1, 0.15) is 0 Å². The summed E-state index contributed by atoms with van der Waals surface area (Å²) in [4.78, 5) is 10.8. The Hall–Kier alpha value is -1.71. The van der Waals surface area contributed by atoms with E-state index in [2.05, 4.69) is 4.74 Å². The number of para-hydroxylation sites is 2. The van der Waals surface area contributed by atoms with Crippen LogP contribution in [0.3, 0.4) is 0 Å². The van der Waals surface area contributed by atoms with Gasteiger partial charge in [-0.1, -0.05) is 12.1 Å². The predicted octanol–water partition coefficient (Wildman–Crippen LogP) is 2.23. The molecule has 0 N–H and O–H groups in total. The van der Waals surface area contributed by atoms with E-state index in [0.717, 1.165) is 0 Å². The van der Waals surface area contributed by atoms with Crippen LogP contribution < -0.4 is 9.47 Å². The summed E-state index contributed by atoms with van der Waals surface area (Å²) >= 11 is 0. The molecule has 76 valence electrons. The van der Waals surface area contributed by atoms with Gasteiger partial charge in [0.15, 0.2) is 11.5 Å². The molecule has 0 amide bonds. The molecule has 0 unspecified atom stereocenters. The first-order valence-corrected chi connectivity index (χ1v) is 4.25. The lowest BCUT2D eigenvalue weighted by atomic mass is 10.3. The van der Waals surface area contributed by atoms with Crippen molar-refractivity contribution >= 4 is 6.16 Å². The fourth-order valence-corrected chi connectivity index (χ4v) is 0.941. The molecule has 0 radical (unpaired) electrons. The van der Waals surface area contributed by atoms with Crippen LogP contribution in [-0.4, -0.2) is 19.9 Å². The van der Waals surface area contributed by atoms with Crippen LogP contribution in [0.5, 0.6) is 11.5 Å². The second kappa shape index (κ2) is 5.11. The molecular formula is C10H12O4. The smallest absolute Gasteiger partial charge is 0.490 e. The third-order valence-corrected chi connectivity index (χ3v) is 1.51. The highest BCUT2D eigenvalue weighted by atomic mass is 16.7. The Morgan fingerprint density at radius 2 is 1.93 bits per heavy atom. The van der Waals surface area contributed by atoms with Crippen molar-refractivity contribution in [3.63, 3.8) is 0 Å². The highest BCUT2D eigenvalue weighted by Crippen LogP contribution is 2.26. The predicted molar refractivity (Wildman–Crippen MR) is 50.6 cm³/mol. The third kappa shape index (κ3) is 2.65. The Kier molecular flexibility index (Phi) is 3.79. The van der Waals surface area contributed by atoms with Crippen LogP contribution in [0.15, 0.2) is 24.3 Å². The summed E-state index contributed by atoms with van der Waals surface area (Å²) < 4.78 is 14.5.